The highest BCUT2D eigenvalue weighted by Gasteiger charge is 2.09. The molecular formula is C14H19ClN2O2. The molecule has 0 aliphatic heterocycles. The first-order chi connectivity index (χ1) is 8.93. The van der Waals surface area contributed by atoms with E-state index in [0.29, 0.717) is 22.4 Å². The maximum atomic E-state index is 11.7. The van der Waals surface area contributed by atoms with Crippen molar-refractivity contribution in [2.24, 2.45) is 5.92 Å². The Labute approximate surface area is 118 Å². The lowest BCUT2D eigenvalue weighted by Gasteiger charge is -2.12. The fourth-order valence-corrected chi connectivity index (χ4v) is 1.56. The summed E-state index contributed by atoms with van der Waals surface area (Å²) in [5.41, 5.74) is 1.45. The van der Waals surface area contributed by atoms with Gasteiger partial charge in [0.05, 0.1) is 12.8 Å². The lowest BCUT2D eigenvalue weighted by atomic mass is 10.2. The number of carbonyl (C=O) groups excluding carboxylic acids is 1. The summed E-state index contributed by atoms with van der Waals surface area (Å²) in [5.74, 6) is 0.909. The van der Waals surface area contributed by atoms with Crippen molar-refractivity contribution < 1.29 is 9.53 Å². The van der Waals surface area contributed by atoms with Crippen LogP contribution in [0.1, 0.15) is 19.4 Å². The fourth-order valence-electron chi connectivity index (χ4n) is 1.40. The van der Waals surface area contributed by atoms with Crippen molar-refractivity contribution in [3.05, 3.63) is 35.0 Å². The first-order valence-electron chi connectivity index (χ1n) is 6.02. The van der Waals surface area contributed by atoms with E-state index in [1.54, 1.807) is 18.3 Å². The minimum atomic E-state index is -0.322. The molecule has 0 aromatic heterocycles. The van der Waals surface area contributed by atoms with E-state index >= 15 is 0 Å². The molecule has 2 N–H and O–H groups in total. The largest absolute Gasteiger partial charge is 0.495 e. The Hall–Kier alpha value is -1.68. The quantitative estimate of drug-likeness (QED) is 0.878. The topological polar surface area (TPSA) is 50.4 Å². The number of nitrogens with one attached hydrogen (secondary N) is 2. The molecule has 0 unspecified atom stereocenters. The van der Waals surface area contributed by atoms with E-state index in [-0.39, 0.29) is 6.03 Å². The van der Waals surface area contributed by atoms with E-state index < -0.39 is 0 Å². The summed E-state index contributed by atoms with van der Waals surface area (Å²) >= 11 is 6.00. The lowest BCUT2D eigenvalue weighted by molar-refractivity contribution is 0.255. The average Bonchev–Trinajstić information content (AvgIpc) is 2.33. The van der Waals surface area contributed by atoms with Gasteiger partial charge in [-0.1, -0.05) is 31.5 Å². The Morgan fingerprint density at radius 3 is 2.68 bits per heavy atom. The monoisotopic (exact) mass is 282 g/mol. The summed E-state index contributed by atoms with van der Waals surface area (Å²) in [6.45, 7) is 5.92. The number of ether oxygens (including phenoxy) is 1. The second-order valence-electron chi connectivity index (χ2n) is 4.50. The second-order valence-corrected chi connectivity index (χ2v) is 4.91. The number of halogens is 1. The van der Waals surface area contributed by atoms with Gasteiger partial charge in [0.25, 0.3) is 0 Å². The van der Waals surface area contributed by atoms with Gasteiger partial charge in [-0.15, -0.1) is 0 Å². The first-order valence-corrected chi connectivity index (χ1v) is 6.40. The molecule has 0 bridgehead atoms. The van der Waals surface area contributed by atoms with Crippen molar-refractivity contribution in [2.45, 2.75) is 20.8 Å². The Morgan fingerprint density at radius 1 is 1.42 bits per heavy atom. The van der Waals surface area contributed by atoms with Crippen LogP contribution < -0.4 is 15.4 Å². The number of urea groups is 1. The SMILES string of the molecule is COc1cc(Cl)c(C)cc1NC(=O)N/C=C/C(C)C. The van der Waals surface area contributed by atoms with E-state index in [1.807, 2.05) is 26.8 Å². The number of hydrogen-bond acceptors (Lipinski definition) is 2. The Morgan fingerprint density at radius 2 is 2.11 bits per heavy atom. The molecule has 0 saturated carbocycles. The van der Waals surface area contributed by atoms with E-state index in [4.69, 9.17) is 16.3 Å². The summed E-state index contributed by atoms with van der Waals surface area (Å²) in [5, 5.41) is 5.95. The Bertz CT molecular complexity index is 485. The molecule has 0 radical (unpaired) electrons. The molecule has 0 saturated heterocycles. The minimum absolute atomic E-state index is 0.322. The molecule has 0 atom stereocenters. The van der Waals surface area contributed by atoms with Gasteiger partial charge in [-0.05, 0) is 24.5 Å². The third-order valence-corrected chi connectivity index (χ3v) is 2.83. The van der Waals surface area contributed by atoms with Gasteiger partial charge < -0.3 is 15.4 Å². The molecule has 1 rings (SSSR count). The number of allylic oxidation sites excluding steroid dienone is 1. The van der Waals surface area contributed by atoms with Crippen LogP contribution in [-0.4, -0.2) is 13.1 Å². The van der Waals surface area contributed by atoms with Gasteiger partial charge >= 0.3 is 6.03 Å². The molecule has 0 aliphatic rings. The number of aryl methyl sites for hydroxylation is 1. The molecule has 5 heteroatoms. The molecule has 0 spiro atoms. The van der Waals surface area contributed by atoms with Crippen LogP contribution in [0.25, 0.3) is 0 Å². The van der Waals surface area contributed by atoms with Gasteiger partial charge in [0.2, 0.25) is 0 Å². The summed E-state index contributed by atoms with van der Waals surface area (Å²) in [6.07, 6.45) is 3.51. The van der Waals surface area contributed by atoms with E-state index in [1.165, 1.54) is 7.11 Å². The molecule has 104 valence electrons. The van der Waals surface area contributed by atoms with Crippen molar-refractivity contribution in [1.29, 1.82) is 0 Å². The molecule has 0 fully saturated rings. The Kier molecular flexibility index (Phi) is 5.70. The third kappa shape index (κ3) is 4.83. The fraction of sp³-hybridized carbons (Fsp3) is 0.357. The molecule has 0 aliphatic carbocycles. The number of rotatable bonds is 4. The van der Waals surface area contributed by atoms with Gasteiger partial charge in [0.15, 0.2) is 0 Å². The number of amides is 2. The molecule has 1 aromatic carbocycles. The molecule has 4 nitrogen and oxygen atoms in total. The van der Waals surface area contributed by atoms with Crippen molar-refractivity contribution in [2.75, 3.05) is 12.4 Å². The molecule has 0 heterocycles. The van der Waals surface area contributed by atoms with Crippen molar-refractivity contribution >= 4 is 23.3 Å². The van der Waals surface area contributed by atoms with Crippen molar-refractivity contribution in [3.63, 3.8) is 0 Å². The van der Waals surface area contributed by atoms with Crippen LogP contribution in [0.4, 0.5) is 10.5 Å². The average molecular weight is 283 g/mol. The second kappa shape index (κ2) is 7.04. The van der Waals surface area contributed by atoms with E-state index in [2.05, 4.69) is 10.6 Å². The van der Waals surface area contributed by atoms with Crippen LogP contribution in [0.3, 0.4) is 0 Å². The van der Waals surface area contributed by atoms with Crippen LogP contribution >= 0.6 is 11.6 Å². The minimum Gasteiger partial charge on any atom is -0.495 e. The Balaban J connectivity index is 2.76. The number of hydrogen-bond donors (Lipinski definition) is 2. The predicted molar refractivity (Wildman–Crippen MR) is 78.9 cm³/mol. The maximum absolute atomic E-state index is 11.7. The molecule has 19 heavy (non-hydrogen) atoms. The smallest absolute Gasteiger partial charge is 0.323 e. The highest BCUT2D eigenvalue weighted by atomic mass is 35.5. The zero-order chi connectivity index (χ0) is 14.4. The number of methoxy groups -OCH3 is 1. The first kappa shape index (κ1) is 15.4. The maximum Gasteiger partial charge on any atom is 0.323 e. The third-order valence-electron chi connectivity index (χ3n) is 2.42. The lowest BCUT2D eigenvalue weighted by Crippen LogP contribution is -2.24. The highest BCUT2D eigenvalue weighted by molar-refractivity contribution is 6.31. The van der Waals surface area contributed by atoms with Gasteiger partial charge in [0, 0.05) is 17.3 Å². The highest BCUT2D eigenvalue weighted by Crippen LogP contribution is 2.30. The van der Waals surface area contributed by atoms with E-state index in [9.17, 15) is 4.79 Å². The van der Waals surface area contributed by atoms with Gasteiger partial charge in [0.1, 0.15) is 5.75 Å². The normalized spacial score (nSPS) is 10.8. The van der Waals surface area contributed by atoms with Gasteiger partial charge in [-0.3, -0.25) is 0 Å². The van der Waals surface area contributed by atoms with Crippen LogP contribution in [0.15, 0.2) is 24.4 Å². The zero-order valence-corrected chi connectivity index (χ0v) is 12.3. The van der Waals surface area contributed by atoms with Crippen LogP contribution in [-0.2, 0) is 0 Å². The van der Waals surface area contributed by atoms with Crippen LogP contribution in [0.5, 0.6) is 5.75 Å². The number of benzene rings is 1. The predicted octanol–water partition coefficient (Wildman–Crippen LogP) is 3.95. The van der Waals surface area contributed by atoms with Gasteiger partial charge in [-0.2, -0.15) is 0 Å². The molecular weight excluding hydrogens is 264 g/mol. The number of carbonyl (C=O) groups is 1. The summed E-state index contributed by atoms with van der Waals surface area (Å²) < 4.78 is 5.18. The number of anilines is 1. The summed E-state index contributed by atoms with van der Waals surface area (Å²) in [7, 11) is 1.53. The van der Waals surface area contributed by atoms with Crippen LogP contribution in [0.2, 0.25) is 5.02 Å². The van der Waals surface area contributed by atoms with Crippen molar-refractivity contribution in [3.8, 4) is 5.75 Å². The van der Waals surface area contributed by atoms with Gasteiger partial charge in [-0.25, -0.2) is 4.79 Å². The zero-order valence-electron chi connectivity index (χ0n) is 11.6. The van der Waals surface area contributed by atoms with E-state index in [0.717, 1.165) is 5.56 Å². The van der Waals surface area contributed by atoms with Crippen molar-refractivity contribution in [1.82, 2.24) is 5.32 Å². The molecule has 1 aromatic rings. The summed E-state index contributed by atoms with van der Waals surface area (Å²) in [6, 6.07) is 3.13. The molecule has 2 amide bonds. The van der Waals surface area contributed by atoms with Crippen LogP contribution in [0, 0.1) is 12.8 Å². The summed E-state index contributed by atoms with van der Waals surface area (Å²) in [4.78, 5) is 11.7. The standard InChI is InChI=1S/C14H19ClN2O2/c1-9(2)5-6-16-14(18)17-12-7-10(3)11(15)8-13(12)19-4/h5-9H,1-4H3,(H2,16,17,18)/b6-5+.